The maximum absolute atomic E-state index is 8.81. The molecule has 1 aliphatic rings. The topological polar surface area (TPSA) is 29.5 Å². The van der Waals surface area contributed by atoms with Gasteiger partial charge in [0.25, 0.3) is 0 Å². The summed E-state index contributed by atoms with van der Waals surface area (Å²) >= 11 is 0. The van der Waals surface area contributed by atoms with Crippen LogP contribution in [0, 0.1) is 23.7 Å². The highest BCUT2D eigenvalue weighted by Gasteiger charge is 2.24. The van der Waals surface area contributed by atoms with Gasteiger partial charge in [0, 0.05) is 12.0 Å². The number of hydrogen-bond donors (Lipinski definition) is 1. The van der Waals surface area contributed by atoms with Crippen LogP contribution >= 0.6 is 0 Å². The van der Waals surface area contributed by atoms with Crippen LogP contribution in [-0.4, -0.2) is 17.8 Å². The van der Waals surface area contributed by atoms with Gasteiger partial charge in [0.1, 0.15) is 0 Å². The normalized spacial score (nSPS) is 25.2. The predicted molar refractivity (Wildman–Crippen MR) is 85.8 cm³/mol. The SMILES string of the molecule is CC1CCC(OCc2ccccc2C#CCCO)CC1C. The fourth-order valence-corrected chi connectivity index (χ4v) is 2.84. The summed E-state index contributed by atoms with van der Waals surface area (Å²) in [5.74, 6) is 7.69. The molecule has 0 amide bonds. The first-order valence-corrected chi connectivity index (χ1v) is 8.00. The second kappa shape index (κ2) is 8.22. The average molecular weight is 286 g/mol. The quantitative estimate of drug-likeness (QED) is 0.854. The van der Waals surface area contributed by atoms with Crippen LogP contribution in [0.2, 0.25) is 0 Å². The number of aliphatic hydroxyl groups is 1. The molecule has 0 spiro atoms. The molecule has 21 heavy (non-hydrogen) atoms. The van der Waals surface area contributed by atoms with Gasteiger partial charge in [0.05, 0.1) is 19.3 Å². The lowest BCUT2D eigenvalue weighted by atomic mass is 9.80. The van der Waals surface area contributed by atoms with E-state index in [2.05, 4.69) is 31.8 Å². The van der Waals surface area contributed by atoms with E-state index in [9.17, 15) is 0 Å². The average Bonchev–Trinajstić information content (AvgIpc) is 2.50. The molecule has 1 saturated carbocycles. The largest absolute Gasteiger partial charge is 0.395 e. The minimum Gasteiger partial charge on any atom is -0.395 e. The van der Waals surface area contributed by atoms with Gasteiger partial charge in [0.15, 0.2) is 0 Å². The monoisotopic (exact) mass is 286 g/mol. The van der Waals surface area contributed by atoms with E-state index in [0.29, 0.717) is 19.1 Å². The summed E-state index contributed by atoms with van der Waals surface area (Å²) < 4.78 is 6.12. The second-order valence-electron chi connectivity index (χ2n) is 6.13. The lowest BCUT2D eigenvalue weighted by molar-refractivity contribution is -0.00752. The van der Waals surface area contributed by atoms with Gasteiger partial charge in [-0.3, -0.25) is 0 Å². The number of rotatable bonds is 4. The summed E-state index contributed by atoms with van der Waals surface area (Å²) in [5.41, 5.74) is 2.16. The van der Waals surface area contributed by atoms with Crippen molar-refractivity contribution in [1.29, 1.82) is 0 Å². The predicted octanol–water partition coefficient (Wildman–Crippen LogP) is 3.76. The van der Waals surface area contributed by atoms with Gasteiger partial charge in [-0.15, -0.1) is 0 Å². The molecule has 2 nitrogen and oxygen atoms in total. The second-order valence-corrected chi connectivity index (χ2v) is 6.13. The molecule has 3 unspecified atom stereocenters. The molecule has 114 valence electrons. The summed E-state index contributed by atoms with van der Waals surface area (Å²) in [6.07, 6.45) is 4.51. The lowest BCUT2D eigenvalue weighted by Gasteiger charge is -2.32. The van der Waals surface area contributed by atoms with Crippen molar-refractivity contribution in [3.8, 4) is 11.8 Å². The van der Waals surface area contributed by atoms with Crippen LogP contribution in [-0.2, 0) is 11.3 Å². The van der Waals surface area contributed by atoms with Gasteiger partial charge in [0.2, 0.25) is 0 Å². The van der Waals surface area contributed by atoms with Gasteiger partial charge in [-0.05, 0) is 42.7 Å². The van der Waals surface area contributed by atoms with E-state index in [-0.39, 0.29) is 6.61 Å². The molecule has 3 atom stereocenters. The molecule has 2 heteroatoms. The molecule has 0 heterocycles. The lowest BCUT2D eigenvalue weighted by Crippen LogP contribution is -2.26. The minimum atomic E-state index is 0.115. The highest BCUT2D eigenvalue weighted by atomic mass is 16.5. The summed E-state index contributed by atoms with van der Waals surface area (Å²) in [6.45, 7) is 5.42. The van der Waals surface area contributed by atoms with Gasteiger partial charge in [-0.25, -0.2) is 0 Å². The number of hydrogen-bond acceptors (Lipinski definition) is 2. The molecule has 0 aromatic heterocycles. The van der Waals surface area contributed by atoms with Crippen LogP contribution in [0.1, 0.15) is 50.7 Å². The van der Waals surface area contributed by atoms with E-state index in [1.54, 1.807) is 0 Å². The van der Waals surface area contributed by atoms with Crippen molar-refractivity contribution in [1.82, 2.24) is 0 Å². The first-order chi connectivity index (χ1) is 10.2. The highest BCUT2D eigenvalue weighted by Crippen LogP contribution is 2.31. The molecule has 0 bridgehead atoms. The third-order valence-corrected chi connectivity index (χ3v) is 4.50. The summed E-state index contributed by atoms with van der Waals surface area (Å²) in [4.78, 5) is 0. The van der Waals surface area contributed by atoms with E-state index in [1.165, 1.54) is 19.3 Å². The molecular weight excluding hydrogens is 260 g/mol. The smallest absolute Gasteiger partial charge is 0.0732 e. The molecule has 1 N–H and O–H groups in total. The van der Waals surface area contributed by atoms with E-state index in [4.69, 9.17) is 9.84 Å². The minimum absolute atomic E-state index is 0.115. The zero-order chi connectivity index (χ0) is 15.1. The van der Waals surface area contributed by atoms with Crippen molar-refractivity contribution in [3.63, 3.8) is 0 Å². The summed E-state index contributed by atoms with van der Waals surface area (Å²) in [5, 5.41) is 8.81. The van der Waals surface area contributed by atoms with Crippen molar-refractivity contribution >= 4 is 0 Å². The Bertz CT molecular complexity index is 498. The Balaban J connectivity index is 1.93. The molecule has 0 saturated heterocycles. The highest BCUT2D eigenvalue weighted by molar-refractivity contribution is 5.40. The third kappa shape index (κ3) is 4.88. The molecule has 0 radical (unpaired) electrons. The van der Waals surface area contributed by atoms with E-state index in [0.717, 1.165) is 23.0 Å². The van der Waals surface area contributed by atoms with E-state index < -0.39 is 0 Å². The maximum Gasteiger partial charge on any atom is 0.0732 e. The van der Waals surface area contributed by atoms with Crippen molar-refractivity contribution in [2.45, 2.75) is 52.2 Å². The zero-order valence-corrected chi connectivity index (χ0v) is 13.1. The standard InChI is InChI=1S/C19H26O2/c1-15-10-11-19(13-16(15)2)21-14-18-9-4-3-7-17(18)8-5-6-12-20/h3-4,7,9,15-16,19-20H,6,10-14H2,1-2H3. The van der Waals surface area contributed by atoms with Gasteiger partial charge in [-0.2, -0.15) is 0 Å². The first-order valence-electron chi connectivity index (χ1n) is 8.00. The Kier molecular flexibility index (Phi) is 6.29. The fraction of sp³-hybridized carbons (Fsp3) is 0.579. The number of benzene rings is 1. The Morgan fingerprint density at radius 2 is 2.00 bits per heavy atom. The molecule has 1 aliphatic carbocycles. The molecule has 1 aromatic rings. The van der Waals surface area contributed by atoms with E-state index in [1.807, 2.05) is 18.2 Å². The molecular formula is C19H26O2. The fourth-order valence-electron chi connectivity index (χ4n) is 2.84. The Morgan fingerprint density at radius 1 is 1.19 bits per heavy atom. The van der Waals surface area contributed by atoms with Crippen molar-refractivity contribution in [2.24, 2.45) is 11.8 Å². The van der Waals surface area contributed by atoms with Crippen LogP contribution in [0.4, 0.5) is 0 Å². The van der Waals surface area contributed by atoms with Crippen molar-refractivity contribution in [2.75, 3.05) is 6.61 Å². The Morgan fingerprint density at radius 3 is 2.76 bits per heavy atom. The third-order valence-electron chi connectivity index (χ3n) is 4.50. The summed E-state index contributed by atoms with van der Waals surface area (Å²) in [7, 11) is 0. The maximum atomic E-state index is 8.81. The van der Waals surface area contributed by atoms with Crippen LogP contribution in [0.25, 0.3) is 0 Å². The number of ether oxygens (including phenoxy) is 1. The van der Waals surface area contributed by atoms with Crippen molar-refractivity contribution in [3.05, 3.63) is 35.4 Å². The van der Waals surface area contributed by atoms with Crippen molar-refractivity contribution < 1.29 is 9.84 Å². The van der Waals surface area contributed by atoms with Crippen LogP contribution in [0.5, 0.6) is 0 Å². The first kappa shape index (κ1) is 16.1. The van der Waals surface area contributed by atoms with Crippen LogP contribution in [0.3, 0.4) is 0 Å². The van der Waals surface area contributed by atoms with Crippen LogP contribution < -0.4 is 0 Å². The Labute approximate surface area is 128 Å². The zero-order valence-electron chi connectivity index (χ0n) is 13.1. The van der Waals surface area contributed by atoms with Crippen LogP contribution in [0.15, 0.2) is 24.3 Å². The molecule has 1 aromatic carbocycles. The molecule has 0 aliphatic heterocycles. The Hall–Kier alpha value is -1.30. The molecule has 1 fully saturated rings. The van der Waals surface area contributed by atoms with Gasteiger partial charge < -0.3 is 9.84 Å². The van der Waals surface area contributed by atoms with Gasteiger partial charge in [-0.1, -0.05) is 43.9 Å². The number of aliphatic hydroxyl groups excluding tert-OH is 1. The van der Waals surface area contributed by atoms with Gasteiger partial charge >= 0.3 is 0 Å². The summed E-state index contributed by atoms with van der Waals surface area (Å²) in [6, 6.07) is 8.13. The van der Waals surface area contributed by atoms with E-state index >= 15 is 0 Å². The molecule has 2 rings (SSSR count).